The van der Waals surface area contributed by atoms with E-state index in [-0.39, 0.29) is 12.7 Å². The average molecular weight is 292 g/mol. The van der Waals surface area contributed by atoms with Crippen molar-refractivity contribution >= 4 is 0 Å². The number of alkyl halides is 4. The third-order valence-electron chi connectivity index (χ3n) is 2.87. The highest BCUT2D eigenvalue weighted by Crippen LogP contribution is 2.39. The minimum absolute atomic E-state index is 0.0607. The first-order valence-corrected chi connectivity index (χ1v) is 5.95. The molecule has 1 rings (SSSR count). The number of hydrogen-bond donors (Lipinski definition) is 1. The lowest BCUT2D eigenvalue weighted by atomic mass is 10.0. The lowest BCUT2D eigenvalue weighted by Crippen LogP contribution is -2.53. The minimum atomic E-state index is -4.65. The van der Waals surface area contributed by atoms with E-state index in [1.807, 2.05) is 0 Å². The van der Waals surface area contributed by atoms with Crippen molar-refractivity contribution in [2.45, 2.75) is 37.6 Å². The van der Waals surface area contributed by atoms with E-state index in [0.717, 1.165) is 6.92 Å². The van der Waals surface area contributed by atoms with Crippen LogP contribution in [0.2, 0.25) is 0 Å². The molecule has 0 amide bonds. The average Bonchev–Trinajstić information content (AvgIpc) is 2.44. The molecule has 1 aromatic carbocycles. The topological polar surface area (TPSA) is 29.5 Å². The molecule has 0 aromatic heterocycles. The number of rotatable bonds is 7. The van der Waals surface area contributed by atoms with Gasteiger partial charge in [-0.2, -0.15) is 17.6 Å². The second kappa shape index (κ2) is 6.37. The first-order valence-electron chi connectivity index (χ1n) is 5.95. The molecule has 0 heterocycles. The van der Waals surface area contributed by atoms with E-state index in [2.05, 4.69) is 6.58 Å². The number of allylic oxidation sites excluding steroid dienone is 1. The Labute approximate surface area is 114 Å². The summed E-state index contributed by atoms with van der Waals surface area (Å²) in [5, 5.41) is 9.39. The van der Waals surface area contributed by atoms with E-state index in [4.69, 9.17) is 4.74 Å². The molecule has 2 atom stereocenters. The Hall–Kier alpha value is -1.40. The fourth-order valence-corrected chi connectivity index (χ4v) is 1.52. The zero-order chi connectivity index (χ0) is 15.4. The smallest absolute Gasteiger partial charge is 0.341 e. The van der Waals surface area contributed by atoms with Gasteiger partial charge in [0.15, 0.2) is 0 Å². The quantitative estimate of drug-likeness (QED) is 0.616. The molecular weight excluding hydrogens is 276 g/mol. The van der Waals surface area contributed by atoms with E-state index in [9.17, 15) is 22.7 Å². The lowest BCUT2D eigenvalue weighted by Gasteiger charge is -2.31. The van der Waals surface area contributed by atoms with Crippen LogP contribution in [0.15, 0.2) is 43.0 Å². The third-order valence-corrected chi connectivity index (χ3v) is 2.87. The number of halogens is 4. The summed E-state index contributed by atoms with van der Waals surface area (Å²) >= 11 is 0. The molecule has 0 bridgehead atoms. The van der Waals surface area contributed by atoms with E-state index in [1.165, 1.54) is 0 Å². The van der Waals surface area contributed by atoms with Gasteiger partial charge in [-0.3, -0.25) is 0 Å². The molecule has 0 fully saturated rings. The summed E-state index contributed by atoms with van der Waals surface area (Å²) < 4.78 is 57.9. The van der Waals surface area contributed by atoms with Gasteiger partial charge in [-0.1, -0.05) is 36.9 Å². The van der Waals surface area contributed by atoms with Crippen molar-refractivity contribution in [1.29, 1.82) is 0 Å². The van der Waals surface area contributed by atoms with Crippen LogP contribution in [0.1, 0.15) is 12.5 Å². The highest BCUT2D eigenvalue weighted by molar-refractivity contribution is 5.13. The van der Waals surface area contributed by atoms with Crippen molar-refractivity contribution in [3.05, 3.63) is 48.6 Å². The van der Waals surface area contributed by atoms with Gasteiger partial charge in [-0.05, 0) is 18.6 Å². The number of aliphatic hydroxyl groups excluding tert-OH is 1. The summed E-state index contributed by atoms with van der Waals surface area (Å²) in [7, 11) is 0. The normalized spacial score (nSPS) is 15.7. The number of aliphatic hydroxyl groups is 1. The van der Waals surface area contributed by atoms with Gasteiger partial charge in [0.25, 0.3) is 0 Å². The van der Waals surface area contributed by atoms with E-state index < -0.39 is 24.1 Å². The molecule has 6 heteroatoms. The van der Waals surface area contributed by atoms with E-state index in [0.29, 0.717) is 5.56 Å². The number of benzene rings is 1. The van der Waals surface area contributed by atoms with Gasteiger partial charge in [0.2, 0.25) is 0 Å². The largest absolute Gasteiger partial charge is 0.384 e. The predicted octanol–water partition coefficient (Wildman–Crippen LogP) is 3.41. The third kappa shape index (κ3) is 3.58. The standard InChI is InChI=1S/C14H16F4O2/c1-3-13(15,16)14(17,18)12(19)10(2)20-9-11-7-5-4-6-8-11/h3-8,10,12,19H,1,9H2,2H3/t10-,12-/m0/s1. The molecule has 2 nitrogen and oxygen atoms in total. The van der Waals surface area contributed by atoms with Crippen LogP contribution < -0.4 is 0 Å². The first-order chi connectivity index (χ1) is 9.22. The van der Waals surface area contributed by atoms with Crippen molar-refractivity contribution in [3.8, 4) is 0 Å². The van der Waals surface area contributed by atoms with Crippen LogP contribution in [0.25, 0.3) is 0 Å². The lowest BCUT2D eigenvalue weighted by molar-refractivity contribution is -0.252. The minimum Gasteiger partial charge on any atom is -0.384 e. The Balaban J connectivity index is 2.67. The second-order valence-electron chi connectivity index (χ2n) is 4.40. The first kappa shape index (κ1) is 16.7. The number of hydrogen-bond acceptors (Lipinski definition) is 2. The van der Waals surface area contributed by atoms with Gasteiger partial charge in [0.05, 0.1) is 12.7 Å². The molecule has 0 spiro atoms. The van der Waals surface area contributed by atoms with Crippen LogP contribution in [0.3, 0.4) is 0 Å². The van der Waals surface area contributed by atoms with Crippen molar-refractivity contribution < 1.29 is 27.4 Å². The van der Waals surface area contributed by atoms with Gasteiger partial charge in [0, 0.05) is 0 Å². The molecule has 0 saturated heterocycles. The molecule has 0 aliphatic carbocycles. The molecule has 0 radical (unpaired) electrons. The van der Waals surface area contributed by atoms with Gasteiger partial charge >= 0.3 is 11.8 Å². The van der Waals surface area contributed by atoms with Crippen LogP contribution >= 0.6 is 0 Å². The summed E-state index contributed by atoms with van der Waals surface area (Å²) in [5.74, 6) is -9.15. The fraction of sp³-hybridized carbons (Fsp3) is 0.429. The van der Waals surface area contributed by atoms with Crippen LogP contribution in [-0.2, 0) is 11.3 Å². The maximum Gasteiger partial charge on any atom is 0.341 e. The maximum atomic E-state index is 13.4. The van der Waals surface area contributed by atoms with Crippen molar-refractivity contribution in [3.63, 3.8) is 0 Å². The van der Waals surface area contributed by atoms with Crippen LogP contribution in [0.5, 0.6) is 0 Å². The van der Waals surface area contributed by atoms with Crippen LogP contribution in [0.4, 0.5) is 17.6 Å². The van der Waals surface area contributed by atoms with Crippen LogP contribution in [0, 0.1) is 0 Å². The Morgan fingerprint density at radius 3 is 2.30 bits per heavy atom. The number of ether oxygens (including phenoxy) is 1. The zero-order valence-electron chi connectivity index (χ0n) is 10.9. The molecular formula is C14H16F4O2. The van der Waals surface area contributed by atoms with Gasteiger partial charge in [-0.15, -0.1) is 0 Å². The monoisotopic (exact) mass is 292 g/mol. The predicted molar refractivity (Wildman–Crippen MR) is 66.8 cm³/mol. The van der Waals surface area contributed by atoms with Crippen LogP contribution in [-0.4, -0.2) is 29.2 Å². The van der Waals surface area contributed by atoms with Crippen molar-refractivity contribution in [1.82, 2.24) is 0 Å². The molecule has 0 unspecified atom stereocenters. The second-order valence-corrected chi connectivity index (χ2v) is 4.40. The molecule has 20 heavy (non-hydrogen) atoms. The zero-order valence-corrected chi connectivity index (χ0v) is 10.9. The molecule has 0 aliphatic heterocycles. The van der Waals surface area contributed by atoms with Crippen molar-refractivity contribution in [2.24, 2.45) is 0 Å². The Kier molecular flexibility index (Phi) is 5.30. The van der Waals surface area contributed by atoms with Gasteiger partial charge in [0.1, 0.15) is 6.10 Å². The fourth-order valence-electron chi connectivity index (χ4n) is 1.52. The Bertz CT molecular complexity index is 434. The van der Waals surface area contributed by atoms with Gasteiger partial charge in [-0.25, -0.2) is 0 Å². The Morgan fingerprint density at radius 1 is 1.25 bits per heavy atom. The summed E-state index contributed by atoms with van der Waals surface area (Å²) in [6.07, 6.45) is -4.28. The highest BCUT2D eigenvalue weighted by Gasteiger charge is 2.60. The summed E-state index contributed by atoms with van der Waals surface area (Å²) in [6.45, 7) is 3.70. The van der Waals surface area contributed by atoms with E-state index in [1.54, 1.807) is 30.3 Å². The SMILES string of the molecule is C=CC(F)(F)C(F)(F)[C@@H](O)[C@H](C)OCc1ccccc1. The molecule has 0 saturated carbocycles. The maximum absolute atomic E-state index is 13.4. The summed E-state index contributed by atoms with van der Waals surface area (Å²) in [5.41, 5.74) is 0.686. The highest BCUT2D eigenvalue weighted by atomic mass is 19.3. The van der Waals surface area contributed by atoms with E-state index >= 15 is 0 Å². The molecule has 0 aliphatic rings. The molecule has 1 aromatic rings. The summed E-state index contributed by atoms with van der Waals surface area (Å²) in [4.78, 5) is 0. The Morgan fingerprint density at radius 2 is 1.80 bits per heavy atom. The van der Waals surface area contributed by atoms with Crippen molar-refractivity contribution in [2.75, 3.05) is 0 Å². The molecule has 1 N–H and O–H groups in total. The molecule has 112 valence electrons. The van der Waals surface area contributed by atoms with Gasteiger partial charge < -0.3 is 9.84 Å². The summed E-state index contributed by atoms with van der Waals surface area (Å²) in [6, 6.07) is 8.59.